The highest BCUT2D eigenvalue weighted by atomic mass is 19.4. The maximum absolute atomic E-state index is 14.2. The first-order valence-electron chi connectivity index (χ1n) is 10.9. The van der Waals surface area contributed by atoms with Crippen molar-refractivity contribution >= 4 is 5.91 Å². The van der Waals surface area contributed by atoms with Gasteiger partial charge in [0.25, 0.3) is 5.91 Å². The minimum absolute atomic E-state index is 0.0868. The Bertz CT molecular complexity index is 1170. The van der Waals surface area contributed by atoms with Crippen molar-refractivity contribution in [3.05, 3.63) is 53.1 Å². The normalized spacial score (nSPS) is 17.8. The van der Waals surface area contributed by atoms with Crippen LogP contribution in [-0.2, 0) is 41.5 Å². The predicted octanol–water partition coefficient (Wildman–Crippen LogP) is 2.44. The number of aromatic nitrogens is 4. The molecule has 2 aliphatic rings. The Balaban J connectivity index is 1.41. The Kier molecular flexibility index (Phi) is 6.09. The Morgan fingerprint density at radius 1 is 1.24 bits per heavy atom. The number of fused-ring (bicyclic) bond motifs is 3. The Morgan fingerprint density at radius 3 is 2.85 bits per heavy atom. The van der Waals surface area contributed by atoms with Gasteiger partial charge in [0.1, 0.15) is 17.4 Å². The SMILES string of the molecule is O=C(NCCc1cnccn1)c1oc2c(c1C(F)(F)F)-c1nn(C[C@H]3COCCO3)cc1CC2. The smallest absolute Gasteiger partial charge is 0.420 e. The van der Waals surface area contributed by atoms with Crippen molar-refractivity contribution < 1.29 is 31.9 Å². The summed E-state index contributed by atoms with van der Waals surface area (Å²) in [5, 5.41) is 6.91. The van der Waals surface area contributed by atoms with Crippen LogP contribution in [-0.4, -0.2) is 58.1 Å². The van der Waals surface area contributed by atoms with Gasteiger partial charge in [0.2, 0.25) is 5.76 Å². The third kappa shape index (κ3) is 4.55. The topological polar surface area (TPSA) is 104 Å². The molecule has 1 atom stereocenters. The van der Waals surface area contributed by atoms with Crippen LogP contribution >= 0.6 is 0 Å². The summed E-state index contributed by atoms with van der Waals surface area (Å²) in [7, 11) is 0. The van der Waals surface area contributed by atoms with Crippen molar-refractivity contribution in [1.29, 1.82) is 0 Å². The average Bonchev–Trinajstić information content (AvgIpc) is 3.41. The molecule has 1 saturated heterocycles. The number of aryl methyl sites for hydroxylation is 2. The van der Waals surface area contributed by atoms with Crippen molar-refractivity contribution in [1.82, 2.24) is 25.1 Å². The van der Waals surface area contributed by atoms with Crippen molar-refractivity contribution in [3.63, 3.8) is 0 Å². The monoisotopic (exact) mass is 477 g/mol. The predicted molar refractivity (Wildman–Crippen MR) is 111 cm³/mol. The summed E-state index contributed by atoms with van der Waals surface area (Å²) < 4.78 is 60.6. The van der Waals surface area contributed by atoms with Crippen LogP contribution in [0.4, 0.5) is 13.2 Å². The molecule has 5 rings (SSSR count). The molecule has 0 saturated carbocycles. The van der Waals surface area contributed by atoms with Gasteiger partial charge in [-0.3, -0.25) is 19.4 Å². The van der Waals surface area contributed by atoms with Gasteiger partial charge in [-0.05, 0) is 12.0 Å². The van der Waals surface area contributed by atoms with E-state index in [1.165, 1.54) is 18.6 Å². The number of hydrogen-bond donors (Lipinski definition) is 1. The zero-order chi connectivity index (χ0) is 23.7. The summed E-state index contributed by atoms with van der Waals surface area (Å²) in [6.07, 6.45) is 2.27. The van der Waals surface area contributed by atoms with E-state index < -0.39 is 23.4 Å². The zero-order valence-corrected chi connectivity index (χ0v) is 18.1. The van der Waals surface area contributed by atoms with Gasteiger partial charge in [-0.1, -0.05) is 0 Å². The van der Waals surface area contributed by atoms with Crippen LogP contribution < -0.4 is 5.32 Å². The van der Waals surface area contributed by atoms with Crippen molar-refractivity contribution in [2.45, 2.75) is 38.1 Å². The number of nitrogens with zero attached hydrogens (tertiary/aromatic N) is 4. The summed E-state index contributed by atoms with van der Waals surface area (Å²) in [6, 6.07) is 0. The molecular weight excluding hydrogens is 455 g/mol. The van der Waals surface area contributed by atoms with Gasteiger partial charge in [-0.25, -0.2) is 0 Å². The minimum Gasteiger partial charge on any atom is -0.455 e. The second-order valence-electron chi connectivity index (χ2n) is 8.10. The summed E-state index contributed by atoms with van der Waals surface area (Å²) in [5.41, 5.74) is 0.216. The average molecular weight is 477 g/mol. The first-order chi connectivity index (χ1) is 16.4. The highest BCUT2D eigenvalue weighted by Gasteiger charge is 2.45. The van der Waals surface area contributed by atoms with E-state index in [-0.39, 0.29) is 36.1 Å². The summed E-state index contributed by atoms with van der Waals surface area (Å²) in [4.78, 5) is 20.7. The van der Waals surface area contributed by atoms with Crippen LogP contribution in [0.15, 0.2) is 29.2 Å². The lowest BCUT2D eigenvalue weighted by atomic mass is 9.93. The molecule has 180 valence electrons. The highest BCUT2D eigenvalue weighted by molar-refractivity contribution is 5.96. The molecule has 0 radical (unpaired) electrons. The Labute approximate surface area is 192 Å². The van der Waals surface area contributed by atoms with Gasteiger partial charge < -0.3 is 19.2 Å². The van der Waals surface area contributed by atoms with E-state index in [1.54, 1.807) is 10.9 Å². The summed E-state index contributed by atoms with van der Waals surface area (Å²) >= 11 is 0. The van der Waals surface area contributed by atoms with Crippen molar-refractivity contribution in [3.8, 4) is 11.3 Å². The standard InChI is InChI=1S/C22H22F3N5O4/c23-22(24,25)18-17-16(34-20(18)21(31)28-4-3-14-9-26-5-6-27-14)2-1-13-10-30(29-19(13)17)11-15-12-32-7-8-33-15/h5-6,9-10,15H,1-4,7-8,11-12H2,(H,28,31)/t15-/m0/s1. The molecular formula is C22H22F3N5O4. The fourth-order valence-corrected chi connectivity index (χ4v) is 4.23. The van der Waals surface area contributed by atoms with Crippen molar-refractivity contribution in [2.75, 3.05) is 26.4 Å². The number of amides is 1. The molecule has 34 heavy (non-hydrogen) atoms. The molecule has 3 aromatic heterocycles. The van der Waals surface area contributed by atoms with E-state index in [2.05, 4.69) is 20.4 Å². The number of halogens is 3. The second kappa shape index (κ2) is 9.18. The Hall–Kier alpha value is -3.25. The highest BCUT2D eigenvalue weighted by Crippen LogP contribution is 2.46. The van der Waals surface area contributed by atoms with E-state index in [0.29, 0.717) is 50.5 Å². The molecule has 4 heterocycles. The van der Waals surface area contributed by atoms with Crippen LogP contribution in [0.2, 0.25) is 0 Å². The second-order valence-corrected chi connectivity index (χ2v) is 8.10. The van der Waals surface area contributed by atoms with E-state index in [1.807, 2.05) is 0 Å². The molecule has 0 spiro atoms. The molecule has 0 aromatic carbocycles. The van der Waals surface area contributed by atoms with Crippen molar-refractivity contribution in [2.24, 2.45) is 0 Å². The third-order valence-electron chi connectivity index (χ3n) is 5.73. The lowest BCUT2D eigenvalue weighted by Gasteiger charge is -2.22. The van der Waals surface area contributed by atoms with Crippen LogP contribution in [0.5, 0.6) is 0 Å². The number of ether oxygens (including phenoxy) is 2. The van der Waals surface area contributed by atoms with E-state index in [9.17, 15) is 18.0 Å². The number of alkyl halides is 3. The zero-order valence-electron chi connectivity index (χ0n) is 18.1. The molecule has 0 unspecified atom stereocenters. The van der Waals surface area contributed by atoms with E-state index >= 15 is 0 Å². The maximum atomic E-state index is 14.2. The molecule has 3 aromatic rings. The summed E-state index contributed by atoms with van der Waals surface area (Å²) in [5.74, 6) is -1.57. The first-order valence-corrected chi connectivity index (χ1v) is 10.9. The molecule has 1 amide bonds. The largest absolute Gasteiger partial charge is 0.455 e. The van der Waals surface area contributed by atoms with Crippen LogP contribution in [0.3, 0.4) is 0 Å². The molecule has 1 fully saturated rings. The van der Waals surface area contributed by atoms with Gasteiger partial charge in [-0.15, -0.1) is 0 Å². The number of rotatable bonds is 6. The maximum Gasteiger partial charge on any atom is 0.420 e. The van der Waals surface area contributed by atoms with Crippen LogP contribution in [0.1, 0.15) is 33.1 Å². The molecule has 0 bridgehead atoms. The third-order valence-corrected chi connectivity index (χ3v) is 5.73. The molecule has 12 heteroatoms. The van der Waals surface area contributed by atoms with Crippen LogP contribution in [0, 0.1) is 0 Å². The molecule has 1 aliphatic heterocycles. The minimum atomic E-state index is -4.80. The molecule has 9 nitrogen and oxygen atoms in total. The first kappa shape index (κ1) is 22.5. The number of carbonyl (C=O) groups excluding carboxylic acids is 1. The Morgan fingerprint density at radius 2 is 2.12 bits per heavy atom. The van der Waals surface area contributed by atoms with Crippen LogP contribution in [0.25, 0.3) is 11.3 Å². The lowest BCUT2D eigenvalue weighted by Crippen LogP contribution is -2.32. The quantitative estimate of drug-likeness (QED) is 0.582. The van der Waals surface area contributed by atoms with E-state index in [0.717, 1.165) is 0 Å². The molecule has 1 N–H and O–H groups in total. The fourth-order valence-electron chi connectivity index (χ4n) is 4.23. The molecule has 1 aliphatic carbocycles. The number of carbonyl (C=O) groups is 1. The fraction of sp³-hybridized carbons (Fsp3) is 0.455. The van der Waals surface area contributed by atoms with Gasteiger partial charge in [0.05, 0.1) is 43.3 Å². The van der Waals surface area contributed by atoms with Gasteiger partial charge in [-0.2, -0.15) is 18.3 Å². The summed E-state index contributed by atoms with van der Waals surface area (Å²) in [6.45, 7) is 1.82. The number of nitrogens with one attached hydrogen (secondary N) is 1. The number of furan rings is 1. The van der Waals surface area contributed by atoms with Gasteiger partial charge >= 0.3 is 6.18 Å². The van der Waals surface area contributed by atoms with Gasteiger partial charge in [0.15, 0.2) is 0 Å². The number of hydrogen-bond acceptors (Lipinski definition) is 7. The van der Waals surface area contributed by atoms with E-state index in [4.69, 9.17) is 13.9 Å². The van der Waals surface area contributed by atoms with Gasteiger partial charge in [0, 0.05) is 44.2 Å². The lowest BCUT2D eigenvalue weighted by molar-refractivity contribution is -0.137.